The van der Waals surface area contributed by atoms with Gasteiger partial charge in [-0.25, -0.2) is 9.97 Å². The molecule has 0 N–H and O–H groups in total. The smallest absolute Gasteiger partial charge is 0.289 e. The Bertz CT molecular complexity index is 971. The number of amides is 1. The number of likely N-dealkylation sites (tertiary alicyclic amines) is 1. The fourth-order valence-corrected chi connectivity index (χ4v) is 3.11. The summed E-state index contributed by atoms with van der Waals surface area (Å²) in [5, 5.41) is 0.828. The summed E-state index contributed by atoms with van der Waals surface area (Å²) in [6.07, 6.45) is 3.59. The molecule has 4 rings (SSSR count). The van der Waals surface area contributed by atoms with Crippen LogP contribution in [0.1, 0.15) is 17.0 Å². The van der Waals surface area contributed by atoms with Gasteiger partial charge in [0.1, 0.15) is 17.4 Å². The molecule has 0 saturated carbocycles. The number of furan rings is 1. The molecule has 1 atom stereocenters. The van der Waals surface area contributed by atoms with E-state index in [-0.39, 0.29) is 12.0 Å². The Morgan fingerprint density at radius 2 is 1.96 bits per heavy atom. The summed E-state index contributed by atoms with van der Waals surface area (Å²) in [6, 6.07) is 7.17. The Labute approximate surface area is 155 Å². The maximum absolute atomic E-state index is 12.8. The average Bonchev–Trinajstić information content (AvgIpc) is 3.34. The van der Waals surface area contributed by atoms with Crippen molar-refractivity contribution in [2.75, 3.05) is 27.3 Å². The molecule has 1 amide bonds. The molecule has 0 aliphatic carbocycles. The van der Waals surface area contributed by atoms with E-state index in [4.69, 9.17) is 18.6 Å². The third-order valence-electron chi connectivity index (χ3n) is 4.47. The molecule has 8 heteroatoms. The third-order valence-corrected chi connectivity index (χ3v) is 4.47. The van der Waals surface area contributed by atoms with E-state index < -0.39 is 0 Å². The van der Waals surface area contributed by atoms with E-state index in [9.17, 15) is 4.79 Å². The Balaban J connectivity index is 1.46. The average molecular weight is 369 g/mol. The molecule has 1 aliphatic rings. The predicted octanol–water partition coefficient (Wildman–Crippen LogP) is 2.53. The highest BCUT2D eigenvalue weighted by Crippen LogP contribution is 2.27. The molecule has 3 heterocycles. The van der Waals surface area contributed by atoms with E-state index in [1.807, 2.05) is 6.07 Å². The van der Waals surface area contributed by atoms with Crippen molar-refractivity contribution in [3.63, 3.8) is 0 Å². The second kappa shape index (κ2) is 7.14. The summed E-state index contributed by atoms with van der Waals surface area (Å²) in [5.74, 6) is 1.51. The summed E-state index contributed by atoms with van der Waals surface area (Å²) >= 11 is 0. The fraction of sp³-hybridized carbons (Fsp3) is 0.316. The molecule has 0 bridgehead atoms. The van der Waals surface area contributed by atoms with Gasteiger partial charge in [0.15, 0.2) is 5.76 Å². The Morgan fingerprint density at radius 3 is 2.74 bits per heavy atom. The van der Waals surface area contributed by atoms with Crippen molar-refractivity contribution in [3.05, 3.63) is 42.4 Å². The lowest BCUT2D eigenvalue weighted by atomic mass is 10.2. The summed E-state index contributed by atoms with van der Waals surface area (Å²) < 4.78 is 21.9. The van der Waals surface area contributed by atoms with E-state index in [0.717, 1.165) is 11.1 Å². The van der Waals surface area contributed by atoms with E-state index in [1.54, 1.807) is 36.4 Å². The predicted molar refractivity (Wildman–Crippen MR) is 96.3 cm³/mol. The zero-order chi connectivity index (χ0) is 18.8. The van der Waals surface area contributed by atoms with Crippen LogP contribution < -0.4 is 14.2 Å². The number of benzene rings is 1. The van der Waals surface area contributed by atoms with E-state index in [0.29, 0.717) is 42.6 Å². The van der Waals surface area contributed by atoms with Crippen LogP contribution in [0.15, 0.2) is 41.1 Å². The van der Waals surface area contributed by atoms with Gasteiger partial charge in [-0.2, -0.15) is 0 Å². The number of carbonyl (C=O) groups is 1. The van der Waals surface area contributed by atoms with Gasteiger partial charge in [0.05, 0.1) is 20.8 Å². The molecule has 0 radical (unpaired) electrons. The van der Waals surface area contributed by atoms with Crippen molar-refractivity contribution in [2.45, 2.75) is 12.5 Å². The van der Waals surface area contributed by atoms with Gasteiger partial charge in [0.25, 0.3) is 17.7 Å². The highest BCUT2D eigenvalue weighted by molar-refractivity contribution is 5.96. The first kappa shape index (κ1) is 17.1. The van der Waals surface area contributed by atoms with E-state index >= 15 is 0 Å². The SMILES string of the molecule is COc1ccc2oc(C(=O)N3CCC(Oc4nccnc4OC)C3)cc2c1. The lowest BCUT2D eigenvalue weighted by molar-refractivity contribution is 0.0741. The standard InChI is InChI=1S/C19H19N3O5/c1-24-13-3-4-15-12(9-13)10-16(27-15)19(23)22-8-5-14(11-22)26-18-17(25-2)20-6-7-21-18/h3-4,6-7,9-10,14H,5,8,11H2,1-2H3. The summed E-state index contributed by atoms with van der Waals surface area (Å²) in [7, 11) is 3.11. The van der Waals surface area contributed by atoms with Crippen LogP contribution in [-0.4, -0.2) is 54.2 Å². The van der Waals surface area contributed by atoms with Gasteiger partial charge < -0.3 is 23.5 Å². The zero-order valence-corrected chi connectivity index (χ0v) is 15.0. The number of aromatic nitrogens is 2. The first-order valence-corrected chi connectivity index (χ1v) is 8.56. The maximum atomic E-state index is 12.8. The minimum Gasteiger partial charge on any atom is -0.497 e. The van der Waals surface area contributed by atoms with Crippen molar-refractivity contribution in [1.29, 1.82) is 0 Å². The fourth-order valence-electron chi connectivity index (χ4n) is 3.11. The van der Waals surface area contributed by atoms with Gasteiger partial charge in [-0.15, -0.1) is 0 Å². The van der Waals surface area contributed by atoms with Gasteiger partial charge >= 0.3 is 0 Å². The van der Waals surface area contributed by atoms with Crippen molar-refractivity contribution in [3.8, 4) is 17.5 Å². The molecule has 1 unspecified atom stereocenters. The number of ether oxygens (including phenoxy) is 3. The lowest BCUT2D eigenvalue weighted by Gasteiger charge is -2.16. The Kier molecular flexibility index (Phi) is 4.53. The molecule has 3 aromatic rings. The highest BCUT2D eigenvalue weighted by atomic mass is 16.5. The van der Waals surface area contributed by atoms with Crippen LogP contribution in [-0.2, 0) is 0 Å². The number of carbonyl (C=O) groups excluding carboxylic acids is 1. The highest BCUT2D eigenvalue weighted by Gasteiger charge is 2.31. The van der Waals surface area contributed by atoms with Crippen molar-refractivity contribution in [1.82, 2.24) is 14.9 Å². The summed E-state index contributed by atoms with van der Waals surface area (Å²) in [6.45, 7) is 1.02. The number of methoxy groups -OCH3 is 2. The second-order valence-electron chi connectivity index (χ2n) is 6.16. The molecule has 0 spiro atoms. The zero-order valence-electron chi connectivity index (χ0n) is 15.0. The number of hydrogen-bond donors (Lipinski definition) is 0. The second-order valence-corrected chi connectivity index (χ2v) is 6.16. The molecule has 1 fully saturated rings. The number of rotatable bonds is 5. The Morgan fingerprint density at radius 1 is 1.15 bits per heavy atom. The molecule has 1 aliphatic heterocycles. The number of nitrogens with zero attached hydrogens (tertiary/aromatic N) is 3. The van der Waals surface area contributed by atoms with Crippen LogP contribution >= 0.6 is 0 Å². The molecule has 140 valence electrons. The molecule has 8 nitrogen and oxygen atoms in total. The van der Waals surface area contributed by atoms with Crippen LogP contribution in [0.25, 0.3) is 11.0 Å². The lowest BCUT2D eigenvalue weighted by Crippen LogP contribution is -2.30. The summed E-state index contributed by atoms with van der Waals surface area (Å²) in [5.41, 5.74) is 0.649. The van der Waals surface area contributed by atoms with Crippen LogP contribution in [0.4, 0.5) is 0 Å². The van der Waals surface area contributed by atoms with Gasteiger partial charge in [-0.1, -0.05) is 0 Å². The first-order chi connectivity index (χ1) is 13.2. The van der Waals surface area contributed by atoms with E-state index in [2.05, 4.69) is 9.97 Å². The van der Waals surface area contributed by atoms with Crippen LogP contribution in [0.3, 0.4) is 0 Å². The van der Waals surface area contributed by atoms with Crippen LogP contribution in [0, 0.1) is 0 Å². The quantitative estimate of drug-likeness (QED) is 0.683. The molecule has 2 aromatic heterocycles. The third kappa shape index (κ3) is 3.38. The Hall–Kier alpha value is -3.29. The monoisotopic (exact) mass is 369 g/mol. The topological polar surface area (TPSA) is 86.9 Å². The minimum absolute atomic E-state index is 0.164. The normalized spacial score (nSPS) is 16.5. The van der Waals surface area contributed by atoms with Crippen molar-refractivity contribution < 1.29 is 23.4 Å². The summed E-state index contributed by atoms with van der Waals surface area (Å²) in [4.78, 5) is 22.7. The molecule has 27 heavy (non-hydrogen) atoms. The first-order valence-electron chi connectivity index (χ1n) is 8.56. The van der Waals surface area contributed by atoms with Crippen LogP contribution in [0.2, 0.25) is 0 Å². The van der Waals surface area contributed by atoms with Gasteiger partial charge in [-0.05, 0) is 24.3 Å². The van der Waals surface area contributed by atoms with Gasteiger partial charge in [0.2, 0.25) is 0 Å². The van der Waals surface area contributed by atoms with Gasteiger partial charge in [0, 0.05) is 30.7 Å². The molecular formula is C19H19N3O5. The van der Waals surface area contributed by atoms with Crippen molar-refractivity contribution in [2.24, 2.45) is 0 Å². The van der Waals surface area contributed by atoms with E-state index in [1.165, 1.54) is 13.3 Å². The largest absolute Gasteiger partial charge is 0.497 e. The van der Waals surface area contributed by atoms with Gasteiger partial charge in [-0.3, -0.25) is 4.79 Å². The number of fused-ring (bicyclic) bond motifs is 1. The molecular weight excluding hydrogens is 350 g/mol. The molecule has 1 saturated heterocycles. The van der Waals surface area contributed by atoms with Crippen molar-refractivity contribution >= 4 is 16.9 Å². The molecule has 1 aromatic carbocycles. The maximum Gasteiger partial charge on any atom is 0.289 e. The number of hydrogen-bond acceptors (Lipinski definition) is 7. The van der Waals surface area contributed by atoms with Crippen LogP contribution in [0.5, 0.6) is 17.5 Å². The minimum atomic E-state index is -0.177.